The molecule has 1 aromatic heterocycles. The number of likely N-dealkylation sites (tertiary alicyclic amines) is 1. The first-order valence-corrected chi connectivity index (χ1v) is 5.85. The molecule has 1 atom stereocenters. The molecule has 0 aliphatic carbocycles. The molecule has 1 aliphatic heterocycles. The fourth-order valence-corrected chi connectivity index (χ4v) is 2.40. The van der Waals surface area contributed by atoms with Crippen LogP contribution in [0.4, 0.5) is 0 Å². The fourth-order valence-electron chi connectivity index (χ4n) is 2.23. The first-order valence-electron chi connectivity index (χ1n) is 5.47. The summed E-state index contributed by atoms with van der Waals surface area (Å²) in [5.41, 5.74) is 1.69. The number of rotatable bonds is 1. The molecule has 2 heterocycles. The van der Waals surface area contributed by atoms with Crippen LogP contribution in [0.2, 0.25) is 5.02 Å². The van der Waals surface area contributed by atoms with Crippen LogP contribution in [-0.4, -0.2) is 30.0 Å². The Kier molecular flexibility index (Phi) is 2.37. The highest BCUT2D eigenvalue weighted by Crippen LogP contribution is 2.29. The lowest BCUT2D eigenvalue weighted by molar-refractivity contribution is 0.396. The maximum atomic E-state index is 5.92. The minimum absolute atomic E-state index is 0.427. The number of aromatic nitrogens is 1. The molecule has 3 rings (SSSR count). The molecule has 0 spiro atoms. The molecule has 0 saturated carbocycles. The van der Waals surface area contributed by atoms with E-state index in [1.54, 1.807) is 0 Å². The monoisotopic (exact) mass is 236 g/mol. The zero-order valence-electron chi connectivity index (χ0n) is 9.11. The second kappa shape index (κ2) is 3.75. The molecule has 16 heavy (non-hydrogen) atoms. The van der Waals surface area contributed by atoms with Crippen molar-refractivity contribution in [2.75, 3.05) is 20.1 Å². The Balaban J connectivity index is 1.99. The van der Waals surface area contributed by atoms with Crippen molar-refractivity contribution in [3.05, 3.63) is 29.1 Å². The highest BCUT2D eigenvalue weighted by atomic mass is 35.5. The molecule has 4 heteroatoms. The number of nitrogens with zero attached hydrogens (tertiary/aromatic N) is 2. The number of hydrogen-bond acceptors (Lipinski definition) is 3. The number of likely N-dealkylation sites (N-methyl/N-ethyl adjacent to an activating group) is 1. The van der Waals surface area contributed by atoms with E-state index in [0.29, 0.717) is 10.9 Å². The Morgan fingerprint density at radius 2 is 2.38 bits per heavy atom. The highest BCUT2D eigenvalue weighted by molar-refractivity contribution is 6.31. The second-order valence-electron chi connectivity index (χ2n) is 4.41. The van der Waals surface area contributed by atoms with Gasteiger partial charge in [-0.15, -0.1) is 0 Å². The Hall–Kier alpha value is -1.06. The van der Waals surface area contributed by atoms with Crippen molar-refractivity contribution < 1.29 is 4.42 Å². The van der Waals surface area contributed by atoms with Crippen LogP contribution in [-0.2, 0) is 0 Å². The van der Waals surface area contributed by atoms with Crippen molar-refractivity contribution >= 4 is 22.7 Å². The largest absolute Gasteiger partial charge is 0.440 e. The van der Waals surface area contributed by atoms with Crippen LogP contribution < -0.4 is 0 Å². The van der Waals surface area contributed by atoms with Crippen molar-refractivity contribution in [2.45, 2.75) is 12.3 Å². The number of oxazole rings is 1. The van der Waals surface area contributed by atoms with E-state index in [2.05, 4.69) is 16.9 Å². The zero-order chi connectivity index (χ0) is 11.1. The SMILES string of the molecule is CN1CC[C@H](c2nc3cc(Cl)ccc3o2)C1. The predicted octanol–water partition coefficient (Wildman–Crippen LogP) is 2.90. The predicted molar refractivity (Wildman–Crippen MR) is 63.9 cm³/mol. The molecule has 1 aliphatic rings. The van der Waals surface area contributed by atoms with E-state index in [9.17, 15) is 0 Å². The van der Waals surface area contributed by atoms with Gasteiger partial charge in [-0.25, -0.2) is 4.98 Å². The highest BCUT2D eigenvalue weighted by Gasteiger charge is 2.25. The van der Waals surface area contributed by atoms with Crippen LogP contribution in [0, 0.1) is 0 Å². The van der Waals surface area contributed by atoms with Crippen LogP contribution in [0.3, 0.4) is 0 Å². The average molecular weight is 237 g/mol. The first kappa shape index (κ1) is 10.1. The third-order valence-corrected chi connectivity index (χ3v) is 3.34. The van der Waals surface area contributed by atoms with Crippen molar-refractivity contribution in [1.82, 2.24) is 9.88 Å². The Bertz CT molecular complexity index is 523. The number of fused-ring (bicyclic) bond motifs is 1. The lowest BCUT2D eigenvalue weighted by Crippen LogP contribution is -2.13. The molecule has 1 fully saturated rings. The molecule has 3 nitrogen and oxygen atoms in total. The third kappa shape index (κ3) is 1.70. The van der Waals surface area contributed by atoms with Gasteiger partial charge in [0.05, 0.1) is 0 Å². The molecular weight excluding hydrogens is 224 g/mol. The molecule has 1 saturated heterocycles. The smallest absolute Gasteiger partial charge is 0.199 e. The van der Waals surface area contributed by atoms with E-state index < -0.39 is 0 Å². The second-order valence-corrected chi connectivity index (χ2v) is 4.85. The Morgan fingerprint density at radius 1 is 1.50 bits per heavy atom. The third-order valence-electron chi connectivity index (χ3n) is 3.11. The number of halogens is 1. The standard InChI is InChI=1S/C12H13ClN2O/c1-15-5-4-8(7-15)12-14-10-6-9(13)2-3-11(10)16-12/h2-3,6,8H,4-5,7H2,1H3/t8-/m0/s1. The lowest BCUT2D eigenvalue weighted by atomic mass is 10.1. The summed E-state index contributed by atoms with van der Waals surface area (Å²) in [7, 11) is 2.12. The van der Waals surface area contributed by atoms with Gasteiger partial charge in [0.2, 0.25) is 0 Å². The Labute approximate surface area is 99.0 Å². The normalized spacial score (nSPS) is 22.0. The summed E-state index contributed by atoms with van der Waals surface area (Å²) in [6.07, 6.45) is 1.12. The fraction of sp³-hybridized carbons (Fsp3) is 0.417. The van der Waals surface area contributed by atoms with Gasteiger partial charge < -0.3 is 9.32 Å². The molecule has 0 unspecified atom stereocenters. The van der Waals surface area contributed by atoms with Crippen molar-refractivity contribution in [2.24, 2.45) is 0 Å². The molecule has 2 aromatic rings. The maximum absolute atomic E-state index is 5.92. The molecule has 0 radical (unpaired) electrons. The van der Waals surface area contributed by atoms with E-state index in [1.165, 1.54) is 0 Å². The summed E-state index contributed by atoms with van der Waals surface area (Å²) in [6, 6.07) is 5.56. The summed E-state index contributed by atoms with van der Waals surface area (Å²) >= 11 is 5.92. The quantitative estimate of drug-likeness (QED) is 0.763. The van der Waals surface area contributed by atoms with E-state index >= 15 is 0 Å². The van der Waals surface area contributed by atoms with E-state index in [0.717, 1.165) is 36.5 Å². The van der Waals surface area contributed by atoms with Crippen LogP contribution in [0.25, 0.3) is 11.1 Å². The van der Waals surface area contributed by atoms with Crippen LogP contribution in [0.5, 0.6) is 0 Å². The summed E-state index contributed by atoms with van der Waals surface area (Å²) in [6.45, 7) is 2.14. The maximum Gasteiger partial charge on any atom is 0.199 e. The van der Waals surface area contributed by atoms with Crippen molar-refractivity contribution in [3.8, 4) is 0 Å². The van der Waals surface area contributed by atoms with Crippen LogP contribution in [0.1, 0.15) is 18.2 Å². The first-order chi connectivity index (χ1) is 7.72. The van der Waals surface area contributed by atoms with Gasteiger partial charge in [-0.2, -0.15) is 0 Å². The van der Waals surface area contributed by atoms with Gasteiger partial charge in [0.15, 0.2) is 11.5 Å². The van der Waals surface area contributed by atoms with Gasteiger partial charge in [-0.05, 0) is 38.2 Å². The van der Waals surface area contributed by atoms with E-state index in [4.69, 9.17) is 16.0 Å². The van der Waals surface area contributed by atoms with Crippen molar-refractivity contribution in [3.63, 3.8) is 0 Å². The molecule has 0 N–H and O–H groups in total. The lowest BCUT2D eigenvalue weighted by Gasteiger charge is -2.05. The molecule has 0 bridgehead atoms. The average Bonchev–Trinajstić information content (AvgIpc) is 2.83. The molecule has 0 amide bonds. The van der Waals surface area contributed by atoms with Crippen LogP contribution in [0.15, 0.2) is 22.6 Å². The number of benzene rings is 1. The Morgan fingerprint density at radius 3 is 3.12 bits per heavy atom. The van der Waals surface area contributed by atoms with Gasteiger partial charge in [-0.1, -0.05) is 11.6 Å². The van der Waals surface area contributed by atoms with Gasteiger partial charge in [-0.3, -0.25) is 0 Å². The summed E-state index contributed by atoms with van der Waals surface area (Å²) < 4.78 is 5.76. The molecule has 84 valence electrons. The van der Waals surface area contributed by atoms with E-state index in [1.807, 2.05) is 18.2 Å². The minimum Gasteiger partial charge on any atom is -0.440 e. The molecular formula is C12H13ClN2O. The van der Waals surface area contributed by atoms with Gasteiger partial charge in [0.1, 0.15) is 5.52 Å². The topological polar surface area (TPSA) is 29.3 Å². The van der Waals surface area contributed by atoms with Crippen molar-refractivity contribution in [1.29, 1.82) is 0 Å². The minimum atomic E-state index is 0.427. The van der Waals surface area contributed by atoms with Gasteiger partial charge >= 0.3 is 0 Å². The molecule has 1 aromatic carbocycles. The summed E-state index contributed by atoms with van der Waals surface area (Å²) in [5.74, 6) is 1.28. The van der Waals surface area contributed by atoms with E-state index in [-0.39, 0.29) is 0 Å². The van der Waals surface area contributed by atoms with Gasteiger partial charge in [0.25, 0.3) is 0 Å². The zero-order valence-corrected chi connectivity index (χ0v) is 9.87. The summed E-state index contributed by atoms with van der Waals surface area (Å²) in [5, 5.41) is 0.705. The van der Waals surface area contributed by atoms with Crippen LogP contribution >= 0.6 is 11.6 Å². The number of hydrogen-bond donors (Lipinski definition) is 0. The van der Waals surface area contributed by atoms with Gasteiger partial charge in [0, 0.05) is 17.5 Å². The summed E-state index contributed by atoms with van der Waals surface area (Å²) in [4.78, 5) is 6.81.